The van der Waals surface area contributed by atoms with Gasteiger partial charge in [0.25, 0.3) is 0 Å². The van der Waals surface area contributed by atoms with Crippen molar-refractivity contribution in [1.82, 2.24) is 0 Å². The first-order valence-corrected chi connectivity index (χ1v) is 6.88. The molecule has 0 bridgehead atoms. The lowest BCUT2D eigenvalue weighted by atomic mass is 10.1. The van der Waals surface area contributed by atoms with E-state index >= 15 is 0 Å². The van der Waals surface area contributed by atoms with E-state index in [0.717, 1.165) is 20.2 Å². The standard InChI is InChI=1S/C14H12N4O2S/c15-13(17-19)7-1-3-9-10-4-2-8(14(16)18-20)6-12(10)21-11(9)5-7/h1-6,19-20H,(H2,15,17)(H2,16,18). The molecule has 1 aromatic heterocycles. The van der Waals surface area contributed by atoms with Gasteiger partial charge in [-0.3, -0.25) is 0 Å². The molecular weight excluding hydrogens is 288 g/mol. The van der Waals surface area contributed by atoms with E-state index in [1.54, 1.807) is 23.5 Å². The molecule has 106 valence electrons. The highest BCUT2D eigenvalue weighted by atomic mass is 32.1. The maximum atomic E-state index is 8.74. The summed E-state index contributed by atoms with van der Waals surface area (Å²) in [5, 5.41) is 25.7. The lowest BCUT2D eigenvalue weighted by Gasteiger charge is -1.99. The fourth-order valence-electron chi connectivity index (χ4n) is 2.21. The van der Waals surface area contributed by atoms with Gasteiger partial charge < -0.3 is 21.9 Å². The summed E-state index contributed by atoms with van der Waals surface area (Å²) >= 11 is 1.56. The second-order valence-electron chi connectivity index (χ2n) is 4.49. The van der Waals surface area contributed by atoms with Crippen LogP contribution in [0.3, 0.4) is 0 Å². The molecule has 3 aromatic rings. The van der Waals surface area contributed by atoms with Gasteiger partial charge in [0.2, 0.25) is 0 Å². The van der Waals surface area contributed by atoms with E-state index in [-0.39, 0.29) is 11.7 Å². The van der Waals surface area contributed by atoms with Crippen LogP contribution in [0, 0.1) is 0 Å². The van der Waals surface area contributed by atoms with Crippen molar-refractivity contribution >= 4 is 43.2 Å². The lowest BCUT2D eigenvalue weighted by molar-refractivity contribution is 0.318. The summed E-state index contributed by atoms with van der Waals surface area (Å²) in [6, 6.07) is 11.2. The number of thiophene rings is 1. The van der Waals surface area contributed by atoms with Crippen LogP contribution in [0.5, 0.6) is 0 Å². The number of benzene rings is 2. The molecule has 2 aromatic carbocycles. The van der Waals surface area contributed by atoms with Crippen molar-refractivity contribution in [3.8, 4) is 0 Å². The number of oxime groups is 2. The molecule has 0 amide bonds. The summed E-state index contributed by atoms with van der Waals surface area (Å²) in [5.74, 6) is 0.151. The average Bonchev–Trinajstić information content (AvgIpc) is 2.89. The van der Waals surface area contributed by atoms with Crippen LogP contribution in [0.15, 0.2) is 46.7 Å². The normalized spacial score (nSPS) is 13.1. The van der Waals surface area contributed by atoms with Crippen molar-refractivity contribution in [2.45, 2.75) is 0 Å². The molecule has 0 atom stereocenters. The predicted octanol–water partition coefficient (Wildman–Crippen LogP) is 2.24. The summed E-state index contributed by atoms with van der Waals surface area (Å²) in [4.78, 5) is 0. The van der Waals surface area contributed by atoms with Crippen molar-refractivity contribution < 1.29 is 10.4 Å². The number of nitrogens with two attached hydrogens (primary N) is 2. The summed E-state index contributed by atoms with van der Waals surface area (Å²) < 4.78 is 2.04. The SMILES string of the molecule is NC(=NO)c1ccc2c(c1)sc1cc(C(N)=NO)ccc12. The van der Waals surface area contributed by atoms with E-state index in [2.05, 4.69) is 10.3 Å². The van der Waals surface area contributed by atoms with Gasteiger partial charge in [-0.1, -0.05) is 34.6 Å². The number of fused-ring (bicyclic) bond motifs is 3. The minimum absolute atomic E-state index is 0.0757. The van der Waals surface area contributed by atoms with E-state index in [4.69, 9.17) is 21.9 Å². The Bertz CT molecular complexity index is 826. The number of amidine groups is 2. The first kappa shape index (κ1) is 13.2. The molecule has 0 aliphatic heterocycles. The smallest absolute Gasteiger partial charge is 0.170 e. The highest BCUT2D eigenvalue weighted by Crippen LogP contribution is 2.34. The van der Waals surface area contributed by atoms with Crippen molar-refractivity contribution in [2.24, 2.45) is 21.8 Å². The van der Waals surface area contributed by atoms with E-state index < -0.39 is 0 Å². The molecule has 21 heavy (non-hydrogen) atoms. The maximum Gasteiger partial charge on any atom is 0.170 e. The Labute approximate surface area is 123 Å². The molecule has 0 spiro atoms. The lowest BCUT2D eigenvalue weighted by Crippen LogP contribution is -2.12. The van der Waals surface area contributed by atoms with Crippen LogP contribution in [-0.2, 0) is 0 Å². The van der Waals surface area contributed by atoms with Crippen LogP contribution >= 0.6 is 11.3 Å². The minimum atomic E-state index is 0.0757. The largest absolute Gasteiger partial charge is 0.409 e. The highest BCUT2D eigenvalue weighted by Gasteiger charge is 2.09. The molecule has 0 unspecified atom stereocenters. The Balaban J connectivity index is 2.24. The van der Waals surface area contributed by atoms with Gasteiger partial charge in [-0.2, -0.15) is 0 Å². The second-order valence-corrected chi connectivity index (χ2v) is 5.58. The zero-order chi connectivity index (χ0) is 15.0. The molecule has 7 heteroatoms. The Hall–Kier alpha value is -2.80. The molecule has 6 nitrogen and oxygen atoms in total. The van der Waals surface area contributed by atoms with Crippen LogP contribution in [-0.4, -0.2) is 22.1 Å². The zero-order valence-electron chi connectivity index (χ0n) is 10.8. The van der Waals surface area contributed by atoms with Crippen LogP contribution in [0.1, 0.15) is 11.1 Å². The Morgan fingerprint density at radius 1 is 0.810 bits per heavy atom. The Morgan fingerprint density at radius 2 is 1.24 bits per heavy atom. The van der Waals surface area contributed by atoms with Crippen molar-refractivity contribution in [3.63, 3.8) is 0 Å². The van der Waals surface area contributed by atoms with Crippen molar-refractivity contribution in [3.05, 3.63) is 47.5 Å². The van der Waals surface area contributed by atoms with Gasteiger partial charge in [0.05, 0.1) is 0 Å². The molecule has 0 saturated carbocycles. The molecule has 0 aliphatic carbocycles. The van der Waals surface area contributed by atoms with Gasteiger partial charge in [-0.05, 0) is 12.1 Å². The fraction of sp³-hybridized carbons (Fsp3) is 0. The fourth-order valence-corrected chi connectivity index (χ4v) is 3.40. The number of hydrogen-bond donors (Lipinski definition) is 4. The summed E-state index contributed by atoms with van der Waals surface area (Å²) in [5.41, 5.74) is 12.5. The summed E-state index contributed by atoms with van der Waals surface area (Å²) in [7, 11) is 0. The van der Waals surface area contributed by atoms with Crippen molar-refractivity contribution in [2.75, 3.05) is 0 Å². The van der Waals surface area contributed by atoms with Gasteiger partial charge in [0.1, 0.15) is 0 Å². The van der Waals surface area contributed by atoms with E-state index in [0.29, 0.717) is 11.1 Å². The van der Waals surface area contributed by atoms with Crippen LogP contribution in [0.4, 0.5) is 0 Å². The van der Waals surface area contributed by atoms with Crippen LogP contribution in [0.25, 0.3) is 20.2 Å². The molecule has 0 radical (unpaired) electrons. The Morgan fingerprint density at radius 3 is 1.62 bits per heavy atom. The molecule has 3 rings (SSSR count). The second kappa shape index (κ2) is 4.95. The van der Waals surface area contributed by atoms with Crippen molar-refractivity contribution in [1.29, 1.82) is 0 Å². The third kappa shape index (κ3) is 2.13. The molecular formula is C14H12N4O2S. The topological polar surface area (TPSA) is 117 Å². The molecule has 0 saturated heterocycles. The third-order valence-corrected chi connectivity index (χ3v) is 4.40. The minimum Gasteiger partial charge on any atom is -0.409 e. The molecule has 6 N–H and O–H groups in total. The summed E-state index contributed by atoms with van der Waals surface area (Å²) in [6.45, 7) is 0. The first-order chi connectivity index (χ1) is 10.1. The number of rotatable bonds is 2. The van der Waals surface area contributed by atoms with Gasteiger partial charge >= 0.3 is 0 Å². The average molecular weight is 300 g/mol. The van der Waals surface area contributed by atoms with E-state index in [1.807, 2.05) is 24.3 Å². The van der Waals surface area contributed by atoms with Crippen LogP contribution < -0.4 is 11.5 Å². The molecule has 0 fully saturated rings. The quantitative estimate of drug-likeness (QED) is 0.251. The summed E-state index contributed by atoms with van der Waals surface area (Å²) in [6.07, 6.45) is 0. The maximum absolute atomic E-state index is 8.74. The van der Waals surface area contributed by atoms with E-state index in [9.17, 15) is 0 Å². The number of nitrogens with zero attached hydrogens (tertiary/aromatic N) is 2. The first-order valence-electron chi connectivity index (χ1n) is 6.06. The van der Waals surface area contributed by atoms with Gasteiger partial charge in [-0.25, -0.2) is 0 Å². The van der Waals surface area contributed by atoms with Crippen LogP contribution in [0.2, 0.25) is 0 Å². The molecule has 0 aliphatic rings. The van der Waals surface area contributed by atoms with Gasteiger partial charge in [0.15, 0.2) is 11.7 Å². The zero-order valence-corrected chi connectivity index (χ0v) is 11.6. The monoisotopic (exact) mass is 300 g/mol. The van der Waals surface area contributed by atoms with E-state index in [1.165, 1.54) is 0 Å². The predicted molar refractivity (Wildman–Crippen MR) is 84.4 cm³/mol. The molecule has 1 heterocycles. The third-order valence-electron chi connectivity index (χ3n) is 3.28. The number of hydrogen-bond acceptors (Lipinski definition) is 5. The van der Waals surface area contributed by atoms with Gasteiger partial charge in [-0.15, -0.1) is 11.3 Å². The Kier molecular flexibility index (Phi) is 3.11. The van der Waals surface area contributed by atoms with Gasteiger partial charge in [0, 0.05) is 31.3 Å². The highest BCUT2D eigenvalue weighted by molar-refractivity contribution is 7.25.